The van der Waals surface area contributed by atoms with Crippen LogP contribution in [0.15, 0.2) is 36.9 Å². The van der Waals surface area contributed by atoms with E-state index in [1.165, 1.54) is 6.42 Å². The van der Waals surface area contributed by atoms with Crippen molar-refractivity contribution in [3.63, 3.8) is 0 Å². The van der Waals surface area contributed by atoms with Gasteiger partial charge < -0.3 is 10.1 Å². The minimum Gasteiger partial charge on any atom is -0.476 e. The summed E-state index contributed by atoms with van der Waals surface area (Å²) < 4.78 is 6.04. The molecule has 0 radical (unpaired) electrons. The summed E-state index contributed by atoms with van der Waals surface area (Å²) in [5, 5.41) is 3.99. The van der Waals surface area contributed by atoms with Crippen molar-refractivity contribution >= 4 is 22.6 Å². The average Bonchev–Trinajstić information content (AvgIpc) is 2.67. The maximum Gasteiger partial charge on any atom is 0.242 e. The number of hydrogen-bond donors (Lipinski definition) is 1. The van der Waals surface area contributed by atoms with Gasteiger partial charge in [0.15, 0.2) is 5.52 Å². The van der Waals surface area contributed by atoms with E-state index < -0.39 is 0 Å². The number of pyridine rings is 2. The minimum absolute atomic E-state index is 0.480. The van der Waals surface area contributed by atoms with E-state index in [1.54, 1.807) is 30.9 Å². The van der Waals surface area contributed by atoms with Crippen molar-refractivity contribution in [3.05, 3.63) is 41.9 Å². The van der Waals surface area contributed by atoms with Gasteiger partial charge in [-0.05, 0) is 31.5 Å². The van der Waals surface area contributed by atoms with Crippen molar-refractivity contribution in [2.24, 2.45) is 5.92 Å². The van der Waals surface area contributed by atoms with Gasteiger partial charge in [0, 0.05) is 42.8 Å². The second-order valence-electron chi connectivity index (χ2n) is 6.12. The molecule has 0 spiro atoms. The molecule has 1 atom stereocenters. The molecule has 1 saturated heterocycles. The summed E-state index contributed by atoms with van der Waals surface area (Å²) in [4.78, 5) is 17.6. The Morgan fingerprint density at radius 2 is 2.16 bits per heavy atom. The lowest BCUT2D eigenvalue weighted by Gasteiger charge is -2.22. The summed E-state index contributed by atoms with van der Waals surface area (Å²) >= 11 is 6.30. The smallest absolute Gasteiger partial charge is 0.242 e. The van der Waals surface area contributed by atoms with Crippen molar-refractivity contribution in [1.29, 1.82) is 0 Å². The van der Waals surface area contributed by atoms with Gasteiger partial charge in [-0.15, -0.1) is 0 Å². The Morgan fingerprint density at radius 1 is 1.24 bits per heavy atom. The Bertz CT molecular complexity index is 882. The predicted molar refractivity (Wildman–Crippen MR) is 96.7 cm³/mol. The maximum atomic E-state index is 6.30. The first-order valence-electron chi connectivity index (χ1n) is 8.36. The molecule has 1 fully saturated rings. The van der Waals surface area contributed by atoms with Crippen LogP contribution in [0.3, 0.4) is 0 Å². The van der Waals surface area contributed by atoms with Crippen molar-refractivity contribution in [2.45, 2.75) is 12.8 Å². The topological polar surface area (TPSA) is 72.8 Å². The summed E-state index contributed by atoms with van der Waals surface area (Å²) in [6.07, 6.45) is 8.99. The number of halogens is 1. The number of hydrogen-bond acceptors (Lipinski definition) is 6. The number of piperidine rings is 1. The van der Waals surface area contributed by atoms with E-state index in [1.807, 2.05) is 6.07 Å². The lowest BCUT2D eigenvalue weighted by molar-refractivity contribution is 0.214. The van der Waals surface area contributed by atoms with Crippen LogP contribution in [0.4, 0.5) is 0 Å². The van der Waals surface area contributed by atoms with Gasteiger partial charge >= 0.3 is 0 Å². The third kappa shape index (κ3) is 3.55. The molecular formula is C18H18ClN5O. The highest BCUT2D eigenvalue weighted by molar-refractivity contribution is 6.33. The summed E-state index contributed by atoms with van der Waals surface area (Å²) in [6.45, 7) is 2.66. The van der Waals surface area contributed by atoms with Crippen LogP contribution in [-0.4, -0.2) is 39.6 Å². The van der Waals surface area contributed by atoms with Gasteiger partial charge in [0.2, 0.25) is 5.88 Å². The second-order valence-corrected chi connectivity index (χ2v) is 6.52. The maximum absolute atomic E-state index is 6.30. The Morgan fingerprint density at radius 3 is 3.00 bits per heavy atom. The van der Waals surface area contributed by atoms with Crippen LogP contribution in [0.5, 0.6) is 5.88 Å². The van der Waals surface area contributed by atoms with Crippen molar-refractivity contribution < 1.29 is 4.74 Å². The Labute approximate surface area is 150 Å². The molecule has 1 N–H and O–H groups in total. The minimum atomic E-state index is 0.480. The van der Waals surface area contributed by atoms with E-state index in [0.717, 1.165) is 30.6 Å². The molecule has 1 aliphatic rings. The highest BCUT2D eigenvalue weighted by atomic mass is 35.5. The molecule has 7 heteroatoms. The largest absolute Gasteiger partial charge is 0.476 e. The Hall–Kier alpha value is -2.31. The van der Waals surface area contributed by atoms with Gasteiger partial charge in [-0.1, -0.05) is 11.6 Å². The molecule has 0 unspecified atom stereocenters. The van der Waals surface area contributed by atoms with E-state index in [0.29, 0.717) is 34.6 Å². The fraction of sp³-hybridized carbons (Fsp3) is 0.333. The number of rotatable bonds is 4. The molecule has 4 heterocycles. The summed E-state index contributed by atoms with van der Waals surface area (Å²) in [6, 6.07) is 3.61. The van der Waals surface area contributed by atoms with Crippen LogP contribution < -0.4 is 10.1 Å². The van der Waals surface area contributed by atoms with Crippen LogP contribution in [-0.2, 0) is 0 Å². The first-order valence-corrected chi connectivity index (χ1v) is 8.74. The first kappa shape index (κ1) is 16.2. The van der Waals surface area contributed by atoms with Gasteiger partial charge in [0.1, 0.15) is 0 Å². The van der Waals surface area contributed by atoms with Crippen LogP contribution in [0.1, 0.15) is 12.8 Å². The highest BCUT2D eigenvalue weighted by Crippen LogP contribution is 2.30. The molecule has 3 aromatic heterocycles. The predicted octanol–water partition coefficient (Wildman–Crippen LogP) is 3.12. The molecule has 0 aromatic carbocycles. The number of aromatic nitrogens is 4. The Kier molecular flexibility index (Phi) is 4.72. The quantitative estimate of drug-likeness (QED) is 0.775. The van der Waals surface area contributed by atoms with Gasteiger partial charge in [-0.25, -0.2) is 9.97 Å². The third-order valence-corrected chi connectivity index (χ3v) is 4.65. The molecule has 128 valence electrons. The number of nitrogens with zero attached hydrogens (tertiary/aromatic N) is 4. The van der Waals surface area contributed by atoms with Crippen molar-refractivity contribution in [2.75, 3.05) is 19.7 Å². The molecular weight excluding hydrogens is 338 g/mol. The SMILES string of the molecule is Clc1ccncc1-c1cc2nccnc2c(OC[C@H]2CCCNC2)n1. The molecule has 25 heavy (non-hydrogen) atoms. The zero-order chi connectivity index (χ0) is 17.1. The lowest BCUT2D eigenvalue weighted by atomic mass is 10.0. The fourth-order valence-electron chi connectivity index (χ4n) is 3.01. The molecule has 1 aliphatic heterocycles. The molecule has 0 aliphatic carbocycles. The fourth-order valence-corrected chi connectivity index (χ4v) is 3.21. The first-order chi connectivity index (χ1) is 12.3. The third-order valence-electron chi connectivity index (χ3n) is 4.32. The zero-order valence-electron chi connectivity index (χ0n) is 13.7. The monoisotopic (exact) mass is 355 g/mol. The number of nitrogens with one attached hydrogen (secondary N) is 1. The van der Waals surface area contributed by atoms with Gasteiger partial charge in [-0.3, -0.25) is 9.97 Å². The standard InChI is InChI=1S/C18H18ClN5O/c19-14-3-5-21-10-13(14)15-8-16-17(23-7-6-22-16)18(24-15)25-11-12-2-1-4-20-9-12/h3,5-8,10,12,20H,1-2,4,9,11H2/t12-/m0/s1. The van der Waals surface area contributed by atoms with Crippen molar-refractivity contribution in [1.82, 2.24) is 25.3 Å². The molecule has 6 nitrogen and oxygen atoms in total. The van der Waals surface area contributed by atoms with Crippen LogP contribution in [0.25, 0.3) is 22.3 Å². The van der Waals surface area contributed by atoms with E-state index in [-0.39, 0.29) is 0 Å². The van der Waals surface area contributed by atoms with Crippen LogP contribution >= 0.6 is 11.6 Å². The van der Waals surface area contributed by atoms with Gasteiger partial charge in [0.25, 0.3) is 0 Å². The number of fused-ring (bicyclic) bond motifs is 1. The van der Waals surface area contributed by atoms with Gasteiger partial charge in [0.05, 0.1) is 22.8 Å². The summed E-state index contributed by atoms with van der Waals surface area (Å²) in [5.74, 6) is 0.971. The van der Waals surface area contributed by atoms with E-state index >= 15 is 0 Å². The molecule has 0 saturated carbocycles. The van der Waals surface area contributed by atoms with Crippen LogP contribution in [0, 0.1) is 5.92 Å². The van der Waals surface area contributed by atoms with Crippen molar-refractivity contribution in [3.8, 4) is 17.1 Å². The Balaban J connectivity index is 1.70. The molecule has 0 bridgehead atoms. The lowest BCUT2D eigenvalue weighted by Crippen LogP contribution is -2.33. The highest BCUT2D eigenvalue weighted by Gasteiger charge is 2.17. The van der Waals surface area contributed by atoms with E-state index in [4.69, 9.17) is 16.3 Å². The van der Waals surface area contributed by atoms with Crippen LogP contribution in [0.2, 0.25) is 5.02 Å². The second kappa shape index (κ2) is 7.29. The molecule has 4 rings (SSSR count). The van der Waals surface area contributed by atoms with E-state index in [2.05, 4.69) is 25.3 Å². The average molecular weight is 356 g/mol. The van der Waals surface area contributed by atoms with E-state index in [9.17, 15) is 0 Å². The molecule has 0 amide bonds. The molecule has 3 aromatic rings. The zero-order valence-corrected chi connectivity index (χ0v) is 14.4. The summed E-state index contributed by atoms with van der Waals surface area (Å²) in [5.41, 5.74) is 2.82. The normalized spacial score (nSPS) is 17.6. The number of ether oxygens (including phenoxy) is 1. The summed E-state index contributed by atoms with van der Waals surface area (Å²) in [7, 11) is 0. The van der Waals surface area contributed by atoms with Gasteiger partial charge in [-0.2, -0.15) is 0 Å².